The van der Waals surface area contributed by atoms with E-state index in [0.717, 1.165) is 11.3 Å². The second-order valence-electron chi connectivity index (χ2n) is 6.99. The van der Waals surface area contributed by atoms with Crippen LogP contribution in [0.4, 0.5) is 9.18 Å². The Hall–Kier alpha value is -3.03. The maximum atomic E-state index is 13.2. The quantitative estimate of drug-likeness (QED) is 0.800. The van der Waals surface area contributed by atoms with E-state index in [2.05, 4.69) is 15.1 Å². The summed E-state index contributed by atoms with van der Waals surface area (Å²) in [6.45, 7) is 2.97. The molecule has 1 unspecified atom stereocenters. The lowest BCUT2D eigenvalue weighted by Gasteiger charge is -2.29. The fourth-order valence-corrected chi connectivity index (χ4v) is 3.27. The molecule has 0 aromatic carbocycles. The van der Waals surface area contributed by atoms with Crippen molar-refractivity contribution in [2.75, 3.05) is 13.1 Å². The number of aromatic nitrogens is 3. The van der Waals surface area contributed by atoms with Crippen LogP contribution in [-0.4, -0.2) is 45.4 Å². The van der Waals surface area contributed by atoms with Crippen molar-refractivity contribution >= 4 is 11.7 Å². The molecule has 28 heavy (non-hydrogen) atoms. The topological polar surface area (TPSA) is 81.4 Å². The third kappa shape index (κ3) is 4.11. The number of ether oxygens (including phenoxy) is 1. The number of aryl methyl sites for hydroxylation is 1. The molecule has 146 valence electrons. The SMILES string of the molecule is Cc1ccc(OC(=O)N2CCC(c3nc(C4=CCC(F)C=C4)no3)CC2)cn1. The highest BCUT2D eigenvalue weighted by Crippen LogP contribution is 2.29. The van der Waals surface area contributed by atoms with Gasteiger partial charge in [0.1, 0.15) is 6.17 Å². The summed E-state index contributed by atoms with van der Waals surface area (Å²) in [6, 6.07) is 3.53. The molecule has 0 radical (unpaired) electrons. The molecule has 1 atom stereocenters. The zero-order chi connectivity index (χ0) is 19.5. The number of carbonyl (C=O) groups excluding carboxylic acids is 1. The van der Waals surface area contributed by atoms with Crippen LogP contribution in [-0.2, 0) is 0 Å². The molecule has 1 amide bonds. The molecule has 8 heteroatoms. The predicted octanol–water partition coefficient (Wildman–Crippen LogP) is 3.83. The molecule has 1 saturated heterocycles. The minimum atomic E-state index is -0.949. The van der Waals surface area contributed by atoms with Gasteiger partial charge in [0.15, 0.2) is 5.75 Å². The zero-order valence-electron chi connectivity index (χ0n) is 15.5. The van der Waals surface area contributed by atoms with Gasteiger partial charge < -0.3 is 14.2 Å². The summed E-state index contributed by atoms with van der Waals surface area (Å²) in [5, 5.41) is 4.02. The Morgan fingerprint density at radius 2 is 2.14 bits per heavy atom. The van der Waals surface area contributed by atoms with Gasteiger partial charge in [-0.2, -0.15) is 4.98 Å². The van der Waals surface area contributed by atoms with Crippen molar-refractivity contribution in [3.05, 3.63) is 54.0 Å². The Morgan fingerprint density at radius 1 is 1.32 bits per heavy atom. The molecule has 3 heterocycles. The average molecular weight is 384 g/mol. The highest BCUT2D eigenvalue weighted by Gasteiger charge is 2.29. The summed E-state index contributed by atoms with van der Waals surface area (Å²) in [5.74, 6) is 1.56. The van der Waals surface area contributed by atoms with E-state index in [1.807, 2.05) is 6.92 Å². The van der Waals surface area contributed by atoms with E-state index in [4.69, 9.17) is 9.26 Å². The van der Waals surface area contributed by atoms with Crippen molar-refractivity contribution in [1.82, 2.24) is 20.0 Å². The van der Waals surface area contributed by atoms with E-state index in [-0.39, 0.29) is 12.0 Å². The predicted molar refractivity (Wildman–Crippen MR) is 99.5 cm³/mol. The van der Waals surface area contributed by atoms with Gasteiger partial charge in [-0.25, -0.2) is 9.18 Å². The van der Waals surface area contributed by atoms with E-state index < -0.39 is 6.17 Å². The number of alkyl halides is 1. The zero-order valence-corrected chi connectivity index (χ0v) is 15.5. The number of hydrogen-bond donors (Lipinski definition) is 0. The lowest BCUT2D eigenvalue weighted by atomic mass is 9.97. The first-order valence-electron chi connectivity index (χ1n) is 9.34. The molecule has 1 fully saturated rings. The van der Waals surface area contributed by atoms with Crippen LogP contribution < -0.4 is 4.74 Å². The normalized spacial score (nSPS) is 20.1. The summed E-state index contributed by atoms with van der Waals surface area (Å²) in [4.78, 5) is 22.6. The van der Waals surface area contributed by atoms with Gasteiger partial charge in [0, 0.05) is 36.7 Å². The molecular weight excluding hydrogens is 363 g/mol. The summed E-state index contributed by atoms with van der Waals surface area (Å²) < 4.78 is 24.0. The number of hydrogen-bond acceptors (Lipinski definition) is 6. The molecule has 1 aliphatic carbocycles. The Bertz CT molecular complexity index is 898. The largest absolute Gasteiger partial charge is 0.415 e. The number of halogens is 1. The van der Waals surface area contributed by atoms with Crippen LogP contribution in [0.25, 0.3) is 5.57 Å². The number of pyridine rings is 1. The highest BCUT2D eigenvalue weighted by molar-refractivity contribution is 5.71. The molecule has 2 aromatic rings. The highest BCUT2D eigenvalue weighted by atomic mass is 19.1. The van der Waals surface area contributed by atoms with Gasteiger partial charge in [0.2, 0.25) is 11.7 Å². The van der Waals surface area contributed by atoms with Crippen LogP contribution in [0.1, 0.15) is 42.6 Å². The molecule has 7 nitrogen and oxygen atoms in total. The minimum absolute atomic E-state index is 0.0911. The van der Waals surface area contributed by atoms with Crippen molar-refractivity contribution in [3.63, 3.8) is 0 Å². The van der Waals surface area contributed by atoms with Crippen LogP contribution in [0.5, 0.6) is 5.75 Å². The third-order valence-electron chi connectivity index (χ3n) is 4.94. The molecule has 0 saturated carbocycles. The van der Waals surface area contributed by atoms with Crippen LogP contribution in [0.15, 0.2) is 41.1 Å². The van der Waals surface area contributed by atoms with Gasteiger partial charge in [-0.15, -0.1) is 0 Å². The molecule has 2 aliphatic rings. The van der Waals surface area contributed by atoms with Crippen molar-refractivity contribution in [3.8, 4) is 5.75 Å². The number of rotatable bonds is 3. The number of likely N-dealkylation sites (tertiary alicyclic amines) is 1. The summed E-state index contributed by atoms with van der Waals surface area (Å²) in [5.41, 5.74) is 1.64. The van der Waals surface area contributed by atoms with E-state index in [1.165, 1.54) is 6.08 Å². The first-order chi connectivity index (χ1) is 13.6. The number of allylic oxidation sites excluding steroid dienone is 4. The van der Waals surface area contributed by atoms with Gasteiger partial charge >= 0.3 is 6.09 Å². The van der Waals surface area contributed by atoms with Crippen LogP contribution in [0, 0.1) is 6.92 Å². The standard InChI is InChI=1S/C20H21FN4O3/c1-13-2-7-17(12-22-13)27-20(26)25-10-8-15(9-11-25)19-23-18(24-28-19)14-3-5-16(21)6-4-14/h2-5,7,12,15-16H,6,8-11H2,1H3. The van der Waals surface area contributed by atoms with Gasteiger partial charge in [0.25, 0.3) is 0 Å². The Labute approximate surface area is 161 Å². The monoisotopic (exact) mass is 384 g/mol. The second kappa shape index (κ2) is 7.92. The summed E-state index contributed by atoms with van der Waals surface area (Å²) >= 11 is 0. The lowest BCUT2D eigenvalue weighted by Crippen LogP contribution is -2.39. The van der Waals surface area contributed by atoms with Crippen molar-refractivity contribution in [2.24, 2.45) is 0 Å². The maximum Gasteiger partial charge on any atom is 0.415 e. The van der Waals surface area contributed by atoms with Crippen molar-refractivity contribution < 1.29 is 18.4 Å². The van der Waals surface area contributed by atoms with Gasteiger partial charge in [-0.1, -0.05) is 17.3 Å². The number of piperidine rings is 1. The maximum absolute atomic E-state index is 13.2. The van der Waals surface area contributed by atoms with Crippen LogP contribution in [0.2, 0.25) is 0 Å². The number of nitrogens with zero attached hydrogens (tertiary/aromatic N) is 4. The Kier molecular flexibility index (Phi) is 5.18. The Balaban J connectivity index is 1.32. The average Bonchev–Trinajstić information content (AvgIpc) is 3.20. The smallest absolute Gasteiger partial charge is 0.409 e. The first-order valence-corrected chi connectivity index (χ1v) is 9.34. The van der Waals surface area contributed by atoms with E-state index in [0.29, 0.717) is 49.8 Å². The number of carbonyl (C=O) groups is 1. The molecule has 0 spiro atoms. The van der Waals surface area contributed by atoms with Crippen LogP contribution in [0.3, 0.4) is 0 Å². The molecular formula is C20H21FN4O3. The summed E-state index contributed by atoms with van der Waals surface area (Å²) in [6.07, 6.45) is 6.92. The third-order valence-corrected chi connectivity index (χ3v) is 4.94. The first kappa shape index (κ1) is 18.3. The lowest BCUT2D eigenvalue weighted by molar-refractivity contribution is 0.135. The Morgan fingerprint density at radius 3 is 2.82 bits per heavy atom. The van der Waals surface area contributed by atoms with E-state index in [1.54, 1.807) is 35.4 Å². The molecule has 1 aliphatic heterocycles. The van der Waals surface area contributed by atoms with E-state index in [9.17, 15) is 9.18 Å². The molecule has 4 rings (SSSR count). The van der Waals surface area contributed by atoms with Gasteiger partial charge in [0.05, 0.1) is 6.20 Å². The van der Waals surface area contributed by atoms with Crippen molar-refractivity contribution in [1.29, 1.82) is 0 Å². The fraction of sp³-hybridized carbons (Fsp3) is 0.400. The van der Waals surface area contributed by atoms with Gasteiger partial charge in [-0.3, -0.25) is 4.98 Å². The molecule has 2 aromatic heterocycles. The minimum Gasteiger partial charge on any atom is -0.409 e. The molecule has 0 N–H and O–H groups in total. The number of amides is 1. The van der Waals surface area contributed by atoms with Crippen molar-refractivity contribution in [2.45, 2.75) is 38.3 Å². The second-order valence-corrected chi connectivity index (χ2v) is 6.99. The fourth-order valence-electron chi connectivity index (χ4n) is 3.27. The summed E-state index contributed by atoms with van der Waals surface area (Å²) in [7, 11) is 0. The van der Waals surface area contributed by atoms with Crippen LogP contribution >= 0.6 is 0 Å². The van der Waals surface area contributed by atoms with E-state index >= 15 is 0 Å². The van der Waals surface area contributed by atoms with Gasteiger partial charge in [-0.05, 0) is 38.0 Å². The molecule has 0 bridgehead atoms.